The van der Waals surface area contributed by atoms with Crippen molar-refractivity contribution in [1.82, 2.24) is 9.80 Å². The van der Waals surface area contributed by atoms with Crippen molar-refractivity contribution in [1.29, 1.82) is 0 Å². The fraction of sp³-hybridized carbons (Fsp3) is 0.533. The van der Waals surface area contributed by atoms with E-state index in [9.17, 15) is 9.90 Å². The van der Waals surface area contributed by atoms with Crippen LogP contribution in [-0.2, 0) is 10.2 Å². The number of carbonyl (C=O) groups is 1. The van der Waals surface area contributed by atoms with E-state index < -0.39 is 11.4 Å². The zero-order valence-corrected chi connectivity index (χ0v) is 11.7. The Morgan fingerprint density at radius 2 is 1.79 bits per heavy atom. The minimum absolute atomic E-state index is 0.570. The average Bonchev–Trinajstić information content (AvgIpc) is 2.42. The van der Waals surface area contributed by atoms with Gasteiger partial charge in [0.05, 0.1) is 0 Å². The van der Waals surface area contributed by atoms with Gasteiger partial charge in [0.2, 0.25) is 0 Å². The van der Waals surface area contributed by atoms with Crippen LogP contribution in [0.3, 0.4) is 0 Å². The largest absolute Gasteiger partial charge is 0.481 e. The number of hydrogen-bond donors (Lipinski definition) is 1. The zero-order chi connectivity index (χ0) is 13.9. The highest BCUT2D eigenvalue weighted by Gasteiger charge is 2.37. The van der Waals surface area contributed by atoms with Crippen LogP contribution in [-0.4, -0.2) is 60.6 Å². The number of benzene rings is 1. The van der Waals surface area contributed by atoms with Gasteiger partial charge in [-0.25, -0.2) is 0 Å². The highest BCUT2D eigenvalue weighted by molar-refractivity contribution is 5.81. The molecule has 0 radical (unpaired) electrons. The van der Waals surface area contributed by atoms with Crippen molar-refractivity contribution in [2.45, 2.75) is 12.3 Å². The molecule has 1 fully saturated rings. The number of rotatable bonds is 4. The van der Waals surface area contributed by atoms with Gasteiger partial charge in [0, 0.05) is 32.7 Å². The summed E-state index contributed by atoms with van der Waals surface area (Å²) in [4.78, 5) is 16.2. The first-order valence-corrected chi connectivity index (χ1v) is 6.72. The molecule has 1 heterocycles. The molecule has 0 aromatic heterocycles. The highest BCUT2D eigenvalue weighted by atomic mass is 16.4. The highest BCUT2D eigenvalue weighted by Crippen LogP contribution is 2.25. The lowest BCUT2D eigenvalue weighted by atomic mass is 9.82. The standard InChI is InChI=1S/C15H22N2O2/c1-15(14(18)19,13-6-4-3-5-7-13)12-17-10-8-16(2)9-11-17/h3-7H,8-12H2,1-2H3,(H,18,19). The lowest BCUT2D eigenvalue weighted by molar-refractivity contribution is -0.144. The first-order valence-electron chi connectivity index (χ1n) is 6.72. The molecular formula is C15H22N2O2. The maximum absolute atomic E-state index is 11.7. The Balaban J connectivity index is 2.14. The number of aliphatic carboxylic acids is 1. The van der Waals surface area contributed by atoms with Gasteiger partial charge in [-0.3, -0.25) is 9.69 Å². The number of likely N-dealkylation sites (N-methyl/N-ethyl adjacent to an activating group) is 1. The molecule has 0 bridgehead atoms. The third kappa shape index (κ3) is 3.14. The molecule has 0 spiro atoms. The van der Waals surface area contributed by atoms with Gasteiger partial charge in [0.1, 0.15) is 5.41 Å². The Morgan fingerprint density at radius 3 is 2.32 bits per heavy atom. The van der Waals surface area contributed by atoms with Gasteiger partial charge in [0.25, 0.3) is 0 Å². The van der Waals surface area contributed by atoms with E-state index in [2.05, 4.69) is 16.8 Å². The second-order valence-corrected chi connectivity index (χ2v) is 5.58. The van der Waals surface area contributed by atoms with Crippen LogP contribution in [0.4, 0.5) is 0 Å². The molecule has 2 rings (SSSR count). The van der Waals surface area contributed by atoms with Crippen LogP contribution in [0, 0.1) is 0 Å². The molecule has 1 aromatic carbocycles. The molecule has 1 N–H and O–H groups in total. The topological polar surface area (TPSA) is 43.8 Å². The third-order valence-electron chi connectivity index (χ3n) is 4.02. The van der Waals surface area contributed by atoms with Gasteiger partial charge in [-0.2, -0.15) is 0 Å². The minimum atomic E-state index is -0.836. The summed E-state index contributed by atoms with van der Waals surface area (Å²) >= 11 is 0. The fourth-order valence-electron chi connectivity index (χ4n) is 2.54. The van der Waals surface area contributed by atoms with E-state index in [0.29, 0.717) is 6.54 Å². The predicted molar refractivity (Wildman–Crippen MR) is 75.4 cm³/mol. The summed E-state index contributed by atoms with van der Waals surface area (Å²) in [5, 5.41) is 9.63. The smallest absolute Gasteiger partial charge is 0.315 e. The van der Waals surface area contributed by atoms with Crippen molar-refractivity contribution in [3.05, 3.63) is 35.9 Å². The minimum Gasteiger partial charge on any atom is -0.481 e. The van der Waals surface area contributed by atoms with E-state index in [-0.39, 0.29) is 0 Å². The van der Waals surface area contributed by atoms with Gasteiger partial charge in [-0.15, -0.1) is 0 Å². The molecule has 1 atom stereocenters. The first-order chi connectivity index (χ1) is 9.02. The molecular weight excluding hydrogens is 240 g/mol. The average molecular weight is 262 g/mol. The molecule has 104 valence electrons. The summed E-state index contributed by atoms with van der Waals surface area (Å²) in [6.45, 7) is 6.27. The maximum atomic E-state index is 11.7. The van der Waals surface area contributed by atoms with Crippen molar-refractivity contribution >= 4 is 5.97 Å². The molecule has 0 amide bonds. The molecule has 4 heteroatoms. The van der Waals surface area contributed by atoms with Crippen LogP contribution < -0.4 is 0 Å². The van der Waals surface area contributed by atoms with Crippen molar-refractivity contribution < 1.29 is 9.90 Å². The summed E-state index contributed by atoms with van der Waals surface area (Å²) in [5.41, 5.74) is 0.0402. The molecule has 1 saturated heterocycles. The normalized spacial score (nSPS) is 20.9. The van der Waals surface area contributed by atoms with Gasteiger partial charge in [-0.05, 0) is 19.5 Å². The zero-order valence-electron chi connectivity index (χ0n) is 11.7. The Bertz CT molecular complexity index is 427. The van der Waals surface area contributed by atoms with E-state index in [1.54, 1.807) is 0 Å². The van der Waals surface area contributed by atoms with E-state index in [1.807, 2.05) is 37.3 Å². The number of nitrogens with zero attached hydrogens (tertiary/aromatic N) is 2. The van der Waals surface area contributed by atoms with Gasteiger partial charge in [-0.1, -0.05) is 30.3 Å². The molecule has 0 saturated carbocycles. The summed E-state index contributed by atoms with van der Waals surface area (Å²) in [6.07, 6.45) is 0. The van der Waals surface area contributed by atoms with E-state index in [1.165, 1.54) is 0 Å². The van der Waals surface area contributed by atoms with E-state index in [4.69, 9.17) is 0 Å². The Morgan fingerprint density at radius 1 is 1.21 bits per heavy atom. The van der Waals surface area contributed by atoms with Crippen molar-refractivity contribution in [2.75, 3.05) is 39.8 Å². The van der Waals surface area contributed by atoms with Crippen LogP contribution >= 0.6 is 0 Å². The van der Waals surface area contributed by atoms with Crippen LogP contribution in [0.1, 0.15) is 12.5 Å². The third-order valence-corrected chi connectivity index (χ3v) is 4.02. The number of carboxylic acid groups (broad SMARTS) is 1. The van der Waals surface area contributed by atoms with Crippen molar-refractivity contribution in [3.8, 4) is 0 Å². The van der Waals surface area contributed by atoms with Crippen LogP contribution in [0.5, 0.6) is 0 Å². The molecule has 1 unspecified atom stereocenters. The summed E-state index contributed by atoms with van der Waals surface area (Å²) in [5.74, 6) is -0.752. The van der Waals surface area contributed by atoms with Crippen LogP contribution in [0.15, 0.2) is 30.3 Å². The Kier molecular flexibility index (Phi) is 4.22. The fourth-order valence-corrected chi connectivity index (χ4v) is 2.54. The maximum Gasteiger partial charge on any atom is 0.315 e. The number of piperazine rings is 1. The van der Waals surface area contributed by atoms with Gasteiger partial charge >= 0.3 is 5.97 Å². The lowest BCUT2D eigenvalue weighted by Gasteiger charge is -2.37. The first kappa shape index (κ1) is 14.0. The summed E-state index contributed by atoms with van der Waals surface area (Å²) in [7, 11) is 2.10. The van der Waals surface area contributed by atoms with Crippen molar-refractivity contribution in [2.24, 2.45) is 0 Å². The lowest BCUT2D eigenvalue weighted by Crippen LogP contribution is -2.51. The molecule has 1 aromatic rings. The summed E-state index contributed by atoms with van der Waals surface area (Å²) < 4.78 is 0. The Hall–Kier alpha value is -1.39. The van der Waals surface area contributed by atoms with Crippen molar-refractivity contribution in [3.63, 3.8) is 0 Å². The number of carboxylic acids is 1. The van der Waals surface area contributed by atoms with Gasteiger partial charge < -0.3 is 10.0 Å². The van der Waals surface area contributed by atoms with E-state index in [0.717, 1.165) is 31.7 Å². The second kappa shape index (κ2) is 5.72. The number of hydrogen-bond acceptors (Lipinski definition) is 3. The van der Waals surface area contributed by atoms with E-state index >= 15 is 0 Å². The Labute approximate surface area is 114 Å². The molecule has 1 aliphatic rings. The molecule has 4 nitrogen and oxygen atoms in total. The second-order valence-electron chi connectivity index (χ2n) is 5.58. The van der Waals surface area contributed by atoms with Crippen LogP contribution in [0.2, 0.25) is 0 Å². The molecule has 1 aliphatic heterocycles. The predicted octanol–water partition coefficient (Wildman–Crippen LogP) is 1.28. The van der Waals surface area contributed by atoms with Gasteiger partial charge in [0.15, 0.2) is 0 Å². The summed E-state index contributed by atoms with van der Waals surface area (Å²) in [6, 6.07) is 9.54. The monoisotopic (exact) mass is 262 g/mol. The van der Waals surface area contributed by atoms with Crippen LogP contribution in [0.25, 0.3) is 0 Å². The quantitative estimate of drug-likeness (QED) is 0.887. The SMILES string of the molecule is CN1CCN(CC(C)(C(=O)O)c2ccccc2)CC1. The molecule has 19 heavy (non-hydrogen) atoms. The molecule has 0 aliphatic carbocycles.